The maximum Gasteiger partial charge on any atom is 0.217 e. The van der Waals surface area contributed by atoms with Gasteiger partial charge in [-0.05, 0) is 47.5 Å². The topological polar surface area (TPSA) is 113 Å². The van der Waals surface area contributed by atoms with Crippen LogP contribution in [0.4, 0.5) is 5.69 Å². The summed E-state index contributed by atoms with van der Waals surface area (Å²) in [6.07, 6.45) is 1.63. The largest absolute Gasteiger partial charge is 0.487 e. The molecule has 0 atom stereocenters. The molecule has 0 saturated carbocycles. The van der Waals surface area contributed by atoms with E-state index < -0.39 is 0 Å². The van der Waals surface area contributed by atoms with Crippen LogP contribution in [0.15, 0.2) is 54.7 Å². The molecule has 1 heterocycles. The average Bonchev–Trinajstić information content (AvgIpc) is 2.82. The minimum Gasteiger partial charge on any atom is -0.487 e. The molecule has 154 valence electrons. The second-order valence-electron chi connectivity index (χ2n) is 6.97. The molecule has 3 rings (SSSR count). The summed E-state index contributed by atoms with van der Waals surface area (Å²) in [6.45, 7) is 0.0127. The third kappa shape index (κ3) is 5.20. The molecule has 31 heavy (non-hydrogen) atoms. The van der Waals surface area contributed by atoms with Crippen molar-refractivity contribution in [3.63, 3.8) is 0 Å². The van der Waals surface area contributed by atoms with Gasteiger partial charge in [0.25, 0.3) is 0 Å². The maximum atomic E-state index is 10.1. The van der Waals surface area contributed by atoms with Crippen LogP contribution < -0.4 is 9.55 Å². The van der Waals surface area contributed by atoms with Gasteiger partial charge in [-0.2, -0.15) is 10.5 Å². The molecule has 2 aromatic carbocycles. The molecule has 7 nitrogen and oxygen atoms in total. The lowest BCUT2D eigenvalue weighted by Crippen LogP contribution is -2.20. The summed E-state index contributed by atoms with van der Waals surface area (Å²) in [5.41, 5.74) is 4.46. The first-order chi connectivity index (χ1) is 15.1. The first-order valence-corrected chi connectivity index (χ1v) is 9.64. The summed E-state index contributed by atoms with van der Waals surface area (Å²) in [5, 5.41) is 37.8. The fourth-order valence-corrected chi connectivity index (χ4v) is 3.23. The van der Waals surface area contributed by atoms with Gasteiger partial charge in [-0.1, -0.05) is 12.1 Å². The van der Waals surface area contributed by atoms with Crippen LogP contribution in [0.2, 0.25) is 0 Å². The average molecular weight is 412 g/mol. The first-order valence-electron chi connectivity index (χ1n) is 9.64. The highest BCUT2D eigenvalue weighted by molar-refractivity contribution is 6.17. The number of anilines is 1. The van der Waals surface area contributed by atoms with Crippen molar-refractivity contribution >= 4 is 13.7 Å². The van der Waals surface area contributed by atoms with Crippen LogP contribution in [0, 0.1) is 22.7 Å². The van der Waals surface area contributed by atoms with Crippen LogP contribution in [0.1, 0.15) is 33.5 Å². The number of rotatable bonds is 8. The van der Waals surface area contributed by atoms with E-state index in [1.165, 1.54) is 0 Å². The number of nitriles is 2. The molecule has 1 aromatic heterocycles. The lowest BCUT2D eigenvalue weighted by atomic mass is 10.0. The standard InChI is InChI=1S/C23H21BN4O3/c24-28(20-6-4-16(9-25)5-7-20)12-19-11-27-22(14-30)23(21(19)13-29)31-15-18-3-1-2-17(8-18)10-26/h1-8,11,29-30H,12-15,24H2. The van der Waals surface area contributed by atoms with Gasteiger partial charge < -0.3 is 19.8 Å². The van der Waals surface area contributed by atoms with Gasteiger partial charge in [0.15, 0.2) is 0 Å². The minimum absolute atomic E-state index is 0.173. The Morgan fingerprint density at radius 2 is 1.74 bits per heavy atom. The number of aliphatic hydroxyl groups excluding tert-OH is 2. The van der Waals surface area contributed by atoms with E-state index in [-0.39, 0.29) is 19.8 Å². The van der Waals surface area contributed by atoms with E-state index in [0.717, 1.165) is 16.8 Å². The molecule has 0 radical (unpaired) electrons. The van der Waals surface area contributed by atoms with Crippen LogP contribution in [-0.2, 0) is 26.4 Å². The second-order valence-corrected chi connectivity index (χ2v) is 6.97. The van der Waals surface area contributed by atoms with Crippen LogP contribution in [0.25, 0.3) is 0 Å². The van der Waals surface area contributed by atoms with Crippen LogP contribution in [0.3, 0.4) is 0 Å². The van der Waals surface area contributed by atoms with Gasteiger partial charge in [-0.3, -0.25) is 4.98 Å². The molecule has 0 unspecified atom stereocenters. The lowest BCUT2D eigenvalue weighted by Gasteiger charge is -2.23. The summed E-state index contributed by atoms with van der Waals surface area (Å²) < 4.78 is 5.95. The van der Waals surface area contributed by atoms with Gasteiger partial charge in [0, 0.05) is 24.0 Å². The molecule has 0 bridgehead atoms. The molecule has 0 aliphatic rings. The molecule has 0 amide bonds. The number of nitrogens with zero attached hydrogens (tertiary/aromatic N) is 4. The summed E-state index contributed by atoms with van der Waals surface area (Å²) in [4.78, 5) is 6.29. The fourth-order valence-electron chi connectivity index (χ4n) is 3.23. The van der Waals surface area contributed by atoms with Gasteiger partial charge in [-0.15, -0.1) is 0 Å². The number of aliphatic hydroxyl groups is 2. The van der Waals surface area contributed by atoms with E-state index in [9.17, 15) is 10.2 Å². The highest BCUT2D eigenvalue weighted by atomic mass is 16.5. The van der Waals surface area contributed by atoms with Crippen molar-refractivity contribution in [1.29, 1.82) is 10.5 Å². The third-order valence-electron chi connectivity index (χ3n) is 4.89. The Labute approximate surface area is 181 Å². The van der Waals surface area contributed by atoms with Crippen molar-refractivity contribution in [2.45, 2.75) is 26.4 Å². The number of benzene rings is 2. The first kappa shape index (κ1) is 21.9. The third-order valence-corrected chi connectivity index (χ3v) is 4.89. The lowest BCUT2D eigenvalue weighted by molar-refractivity contribution is 0.237. The van der Waals surface area contributed by atoms with Gasteiger partial charge in [-0.25, -0.2) is 0 Å². The molecular formula is C23H21BN4O3. The zero-order chi connectivity index (χ0) is 22.2. The smallest absolute Gasteiger partial charge is 0.217 e. The Kier molecular flexibility index (Phi) is 7.24. The molecular weight excluding hydrogens is 391 g/mol. The number of hydrogen-bond acceptors (Lipinski definition) is 7. The molecule has 0 aliphatic carbocycles. The Morgan fingerprint density at radius 1 is 1.00 bits per heavy atom. The second kappa shape index (κ2) is 10.3. The highest BCUT2D eigenvalue weighted by Gasteiger charge is 2.17. The van der Waals surface area contributed by atoms with Crippen molar-refractivity contribution in [2.75, 3.05) is 4.81 Å². The van der Waals surface area contributed by atoms with Gasteiger partial charge >= 0.3 is 0 Å². The Bertz CT molecular complexity index is 1140. The molecule has 3 aromatic rings. The molecule has 2 N–H and O–H groups in total. The van der Waals surface area contributed by atoms with E-state index >= 15 is 0 Å². The SMILES string of the molecule is BN(Cc1cnc(CO)c(OCc2cccc(C#N)c2)c1CO)c1ccc(C#N)cc1. The summed E-state index contributed by atoms with van der Waals surface area (Å²) in [6, 6.07) is 18.4. The molecule has 0 aliphatic heterocycles. The van der Waals surface area contributed by atoms with E-state index in [0.29, 0.717) is 34.7 Å². The number of hydrogen-bond donors (Lipinski definition) is 2. The van der Waals surface area contributed by atoms with Crippen molar-refractivity contribution in [2.24, 2.45) is 0 Å². The zero-order valence-corrected chi connectivity index (χ0v) is 17.1. The van der Waals surface area contributed by atoms with Crippen molar-refractivity contribution in [1.82, 2.24) is 4.98 Å². The molecule has 8 heteroatoms. The summed E-state index contributed by atoms with van der Waals surface area (Å²) in [5.74, 6) is 0.345. The van der Waals surface area contributed by atoms with Crippen LogP contribution in [0.5, 0.6) is 5.75 Å². The minimum atomic E-state index is -0.327. The summed E-state index contributed by atoms with van der Waals surface area (Å²) in [7, 11) is 1.90. The normalized spacial score (nSPS) is 10.2. The number of pyridine rings is 1. The maximum absolute atomic E-state index is 10.1. The van der Waals surface area contributed by atoms with Gasteiger partial charge in [0.2, 0.25) is 7.98 Å². The fraction of sp³-hybridized carbons (Fsp3) is 0.174. The Hall–Kier alpha value is -3.85. The monoisotopic (exact) mass is 412 g/mol. The van der Waals surface area contributed by atoms with Crippen molar-refractivity contribution in [3.05, 3.63) is 88.2 Å². The molecule has 0 fully saturated rings. The van der Waals surface area contributed by atoms with E-state index in [1.807, 2.05) is 31.0 Å². The van der Waals surface area contributed by atoms with Crippen LogP contribution >= 0.6 is 0 Å². The zero-order valence-electron chi connectivity index (χ0n) is 17.1. The quantitative estimate of drug-likeness (QED) is 0.544. The van der Waals surface area contributed by atoms with Gasteiger partial charge in [0.05, 0.1) is 36.5 Å². The Balaban J connectivity index is 1.86. The van der Waals surface area contributed by atoms with Crippen LogP contribution in [-0.4, -0.2) is 23.2 Å². The van der Waals surface area contributed by atoms with E-state index in [2.05, 4.69) is 17.1 Å². The highest BCUT2D eigenvalue weighted by Crippen LogP contribution is 2.29. The molecule has 0 saturated heterocycles. The predicted octanol–water partition coefficient (Wildman–Crippen LogP) is 1.94. The van der Waals surface area contributed by atoms with E-state index in [1.54, 1.807) is 36.5 Å². The predicted molar refractivity (Wildman–Crippen MR) is 117 cm³/mol. The Morgan fingerprint density at radius 3 is 2.39 bits per heavy atom. The number of aromatic nitrogens is 1. The van der Waals surface area contributed by atoms with E-state index in [4.69, 9.17) is 15.3 Å². The molecule has 0 spiro atoms. The number of ether oxygens (including phenoxy) is 1. The van der Waals surface area contributed by atoms with Gasteiger partial charge in [0.1, 0.15) is 18.1 Å². The van der Waals surface area contributed by atoms with Crippen molar-refractivity contribution < 1.29 is 14.9 Å². The van der Waals surface area contributed by atoms with Crippen molar-refractivity contribution in [3.8, 4) is 17.9 Å². The summed E-state index contributed by atoms with van der Waals surface area (Å²) >= 11 is 0.